The van der Waals surface area contributed by atoms with Crippen molar-refractivity contribution in [2.75, 3.05) is 11.9 Å². The van der Waals surface area contributed by atoms with Crippen LogP contribution in [0.1, 0.15) is 0 Å². The van der Waals surface area contributed by atoms with E-state index < -0.39 is 22.2 Å². The van der Waals surface area contributed by atoms with Crippen LogP contribution in [0.2, 0.25) is 0 Å². The summed E-state index contributed by atoms with van der Waals surface area (Å²) in [5.74, 6) is 0. The first-order valence-electron chi connectivity index (χ1n) is 2.33. The maximum absolute atomic E-state index is 11.4. The Hall–Kier alpha value is 0.530. The minimum Gasteiger partial charge on any atom is -0.262 e. The molecule has 0 saturated heterocycles. The van der Waals surface area contributed by atoms with Gasteiger partial charge in [0.1, 0.15) is 0 Å². The van der Waals surface area contributed by atoms with Crippen molar-refractivity contribution < 1.29 is 25.8 Å². The highest BCUT2D eigenvalue weighted by Crippen LogP contribution is 2.24. The van der Waals surface area contributed by atoms with Gasteiger partial charge in [-0.3, -0.25) is 4.18 Å². The molecule has 0 aromatic heterocycles. The maximum Gasteiger partial charge on any atom is 0.523 e. The Morgan fingerprint density at radius 1 is 1.33 bits per heavy atom. The lowest BCUT2D eigenvalue weighted by atomic mass is 10.9. The van der Waals surface area contributed by atoms with Crippen molar-refractivity contribution in [2.24, 2.45) is 0 Å². The van der Waals surface area contributed by atoms with Crippen molar-refractivity contribution in [1.29, 1.82) is 0 Å². The maximum atomic E-state index is 11.4. The van der Waals surface area contributed by atoms with Gasteiger partial charge in [0, 0.05) is 5.33 Å². The summed E-state index contributed by atoms with van der Waals surface area (Å²) in [6.45, 7) is -0.526. The fraction of sp³-hybridized carbons (Fsp3) is 1.00. The van der Waals surface area contributed by atoms with Crippen LogP contribution >= 0.6 is 29.4 Å². The van der Waals surface area contributed by atoms with Crippen LogP contribution in [-0.4, -0.2) is 25.9 Å². The van der Waals surface area contributed by atoms with Crippen LogP contribution in [0.5, 0.6) is 0 Å². The van der Waals surface area contributed by atoms with Gasteiger partial charge in [0.2, 0.25) is 0 Å². The van der Waals surface area contributed by atoms with Gasteiger partial charge in [0.25, 0.3) is 0 Å². The first-order valence-corrected chi connectivity index (χ1v) is 4.86. The molecule has 0 aliphatic heterocycles. The molecule has 0 aliphatic rings. The number of alkyl halides is 4. The monoisotopic (exact) mass is 290 g/mol. The summed E-state index contributed by atoms with van der Waals surface area (Å²) in [6, 6.07) is 0. The van der Waals surface area contributed by atoms with E-state index in [1.165, 1.54) is 0 Å². The van der Waals surface area contributed by atoms with Gasteiger partial charge in [-0.25, -0.2) is 0 Å². The third kappa shape index (κ3) is 4.53. The molecule has 0 atom stereocenters. The Labute approximate surface area is 83.0 Å². The molecule has 3 nitrogen and oxygen atoms in total. The molecule has 0 aromatic rings. The average molecular weight is 291 g/mol. The molecule has 0 unspecified atom stereocenters. The molecule has 0 rings (SSSR count). The average Bonchev–Trinajstić information content (AvgIpc) is 1.81. The van der Waals surface area contributed by atoms with Crippen LogP contribution in [-0.2, 0) is 14.3 Å². The lowest BCUT2D eigenvalue weighted by Crippen LogP contribution is -2.26. The molecule has 0 saturated carbocycles. The van der Waals surface area contributed by atoms with E-state index in [1.807, 2.05) is 0 Å². The fourth-order valence-corrected chi connectivity index (χ4v) is 1.02. The van der Waals surface area contributed by atoms with Crippen LogP contribution < -0.4 is 0 Å². The van der Waals surface area contributed by atoms with E-state index in [9.17, 15) is 21.6 Å². The van der Waals surface area contributed by atoms with Gasteiger partial charge in [-0.1, -0.05) is 15.9 Å². The normalized spacial score (nSPS) is 12.3. The Morgan fingerprint density at radius 2 is 1.75 bits per heavy atom. The van der Waals surface area contributed by atoms with E-state index >= 15 is 0 Å². The second-order valence-corrected chi connectivity index (χ2v) is 3.81. The third-order valence-corrected chi connectivity index (χ3v) is 1.97. The zero-order valence-electron chi connectivity index (χ0n) is 5.56. The second-order valence-electron chi connectivity index (χ2n) is 1.41. The van der Waals surface area contributed by atoms with Crippen LogP contribution in [0.3, 0.4) is 0 Å². The van der Waals surface area contributed by atoms with Crippen LogP contribution in [0.25, 0.3) is 0 Å². The molecule has 0 amide bonds. The molecule has 0 aromatic carbocycles. The van der Waals surface area contributed by atoms with E-state index in [1.54, 1.807) is 0 Å². The van der Waals surface area contributed by atoms with Gasteiger partial charge in [0.15, 0.2) is 0 Å². The van der Waals surface area contributed by atoms with E-state index in [0.29, 0.717) is 0 Å². The SMILES string of the molecule is O=S(=O)(OCCBr)C(F)(F)F.S. The summed E-state index contributed by atoms with van der Waals surface area (Å²) in [5.41, 5.74) is -5.32. The molecular weight excluding hydrogens is 285 g/mol. The van der Waals surface area contributed by atoms with Gasteiger partial charge >= 0.3 is 15.6 Å². The summed E-state index contributed by atoms with van der Waals surface area (Å²) in [5, 5.41) is 0.0301. The molecule has 0 spiro atoms. The Bertz CT molecular complexity index is 211. The Kier molecular flexibility index (Phi) is 6.64. The summed E-state index contributed by atoms with van der Waals surface area (Å²) in [7, 11) is -5.39. The first-order chi connectivity index (χ1) is 4.81. The molecule has 0 heterocycles. The highest BCUT2D eigenvalue weighted by molar-refractivity contribution is 9.09. The minimum atomic E-state index is -5.39. The number of halogens is 4. The molecule has 12 heavy (non-hydrogen) atoms. The van der Waals surface area contributed by atoms with Crippen molar-refractivity contribution in [3.63, 3.8) is 0 Å². The summed E-state index contributed by atoms with van der Waals surface area (Å²) in [6.07, 6.45) is 0. The molecule has 9 heteroatoms. The van der Waals surface area contributed by atoms with Crippen LogP contribution in [0, 0.1) is 0 Å². The number of hydrogen-bond donors (Lipinski definition) is 0. The van der Waals surface area contributed by atoms with Gasteiger partial charge in [-0.2, -0.15) is 35.1 Å². The zero-order valence-corrected chi connectivity index (χ0v) is 8.96. The van der Waals surface area contributed by atoms with Crippen molar-refractivity contribution in [3.8, 4) is 0 Å². The second kappa shape index (κ2) is 5.30. The van der Waals surface area contributed by atoms with Gasteiger partial charge < -0.3 is 0 Å². The first kappa shape index (κ1) is 15.0. The van der Waals surface area contributed by atoms with Crippen LogP contribution in [0.4, 0.5) is 13.2 Å². The Balaban J connectivity index is 0. The van der Waals surface area contributed by atoms with E-state index in [2.05, 4.69) is 20.1 Å². The number of rotatable bonds is 3. The third-order valence-electron chi connectivity index (χ3n) is 0.599. The molecule has 0 bridgehead atoms. The molecule has 0 fully saturated rings. The van der Waals surface area contributed by atoms with Gasteiger partial charge in [-0.15, -0.1) is 0 Å². The highest BCUT2D eigenvalue weighted by Gasteiger charge is 2.47. The molecule has 0 radical (unpaired) electrons. The van der Waals surface area contributed by atoms with Crippen molar-refractivity contribution in [1.82, 2.24) is 0 Å². The smallest absolute Gasteiger partial charge is 0.262 e. The van der Waals surface area contributed by atoms with Gasteiger partial charge in [0.05, 0.1) is 6.61 Å². The van der Waals surface area contributed by atoms with Crippen molar-refractivity contribution in [2.45, 2.75) is 5.51 Å². The van der Waals surface area contributed by atoms with Crippen LogP contribution in [0.15, 0.2) is 0 Å². The van der Waals surface area contributed by atoms with Gasteiger partial charge in [-0.05, 0) is 0 Å². The summed E-state index contributed by atoms with van der Waals surface area (Å²) < 4.78 is 57.9. The largest absolute Gasteiger partial charge is 0.523 e. The summed E-state index contributed by atoms with van der Waals surface area (Å²) in [4.78, 5) is 0. The van der Waals surface area contributed by atoms with E-state index in [4.69, 9.17) is 0 Å². The molecular formula is C3H6BrF3O3S2. The van der Waals surface area contributed by atoms with E-state index in [0.717, 1.165) is 0 Å². The Morgan fingerprint density at radius 3 is 2.00 bits per heavy atom. The zero-order chi connectivity index (χ0) is 9.12. The summed E-state index contributed by atoms with van der Waals surface area (Å²) >= 11 is 2.71. The number of hydrogen-bond acceptors (Lipinski definition) is 3. The fourth-order valence-electron chi connectivity index (χ4n) is 0.208. The van der Waals surface area contributed by atoms with E-state index in [-0.39, 0.29) is 18.8 Å². The molecule has 0 aliphatic carbocycles. The quantitative estimate of drug-likeness (QED) is 0.448. The lowest BCUT2D eigenvalue weighted by molar-refractivity contribution is -0.0538. The lowest BCUT2D eigenvalue weighted by Gasteiger charge is -2.05. The highest BCUT2D eigenvalue weighted by atomic mass is 79.9. The molecule has 0 N–H and O–H groups in total. The van der Waals surface area contributed by atoms with Crippen molar-refractivity contribution >= 4 is 39.5 Å². The minimum absolute atomic E-state index is 0. The standard InChI is InChI=1S/C3H4BrF3O3S.H2S/c4-1-2-10-11(8,9)3(5,6)7;/h1-2H2;1H2. The predicted molar refractivity (Wildman–Crippen MR) is 45.1 cm³/mol. The predicted octanol–water partition coefficient (Wildman–Crippen LogP) is 1.36. The topological polar surface area (TPSA) is 43.4 Å². The van der Waals surface area contributed by atoms with Crippen molar-refractivity contribution in [3.05, 3.63) is 0 Å². The molecule has 76 valence electrons.